The van der Waals surface area contributed by atoms with Crippen LogP contribution in [0, 0.1) is 10.1 Å². The number of nitro groups is 1. The molecule has 5 nitrogen and oxygen atoms in total. The lowest BCUT2D eigenvalue weighted by atomic mass is 10.2. The summed E-state index contributed by atoms with van der Waals surface area (Å²) in [6.07, 6.45) is 3.41. The molecule has 14 heavy (non-hydrogen) atoms. The molecule has 0 saturated carbocycles. The van der Waals surface area contributed by atoms with E-state index in [4.69, 9.17) is 0 Å². The molecule has 0 aromatic heterocycles. The highest BCUT2D eigenvalue weighted by molar-refractivity contribution is 5.74. The van der Waals surface area contributed by atoms with Gasteiger partial charge in [-0.25, -0.2) is 10.1 Å². The molecular formula is C9H18N2O3. The van der Waals surface area contributed by atoms with Gasteiger partial charge in [0.1, 0.15) is 0 Å². The van der Waals surface area contributed by atoms with Crippen molar-refractivity contribution in [1.29, 1.82) is 0 Å². The SMILES string of the molecule is CCCCC(=O)N(CCCC)[N+](=O)[O-]. The third-order valence-corrected chi connectivity index (χ3v) is 1.95. The van der Waals surface area contributed by atoms with Gasteiger partial charge in [-0.3, -0.25) is 4.79 Å². The van der Waals surface area contributed by atoms with Gasteiger partial charge in [0.25, 0.3) is 5.91 Å². The Kier molecular flexibility index (Phi) is 6.70. The summed E-state index contributed by atoms with van der Waals surface area (Å²) in [6.45, 7) is 4.12. The van der Waals surface area contributed by atoms with Crippen molar-refractivity contribution in [3.63, 3.8) is 0 Å². The highest BCUT2D eigenvalue weighted by atomic mass is 16.7. The first-order chi connectivity index (χ1) is 6.63. The Labute approximate surface area is 84.2 Å². The largest absolute Gasteiger partial charge is 0.283 e. The van der Waals surface area contributed by atoms with Gasteiger partial charge in [-0.15, -0.1) is 0 Å². The van der Waals surface area contributed by atoms with Gasteiger partial charge in [0.05, 0.1) is 6.54 Å². The monoisotopic (exact) mass is 202 g/mol. The summed E-state index contributed by atoms with van der Waals surface area (Å²) in [5, 5.41) is 10.7. The number of carbonyl (C=O) groups excluding carboxylic acids is 1. The Morgan fingerprint density at radius 2 is 1.86 bits per heavy atom. The molecule has 0 aliphatic rings. The number of amides is 1. The predicted molar refractivity (Wildman–Crippen MR) is 53.1 cm³/mol. The minimum atomic E-state index is -0.604. The van der Waals surface area contributed by atoms with Gasteiger partial charge in [0.2, 0.25) is 0 Å². The number of hydrazine groups is 1. The Morgan fingerprint density at radius 1 is 1.29 bits per heavy atom. The summed E-state index contributed by atoms with van der Waals surface area (Å²) in [5.41, 5.74) is 0. The van der Waals surface area contributed by atoms with Crippen molar-refractivity contribution in [3.05, 3.63) is 10.1 Å². The molecule has 0 bridgehead atoms. The summed E-state index contributed by atoms with van der Waals surface area (Å²) in [5.74, 6) is -0.370. The fraction of sp³-hybridized carbons (Fsp3) is 0.889. The zero-order valence-electron chi connectivity index (χ0n) is 8.86. The van der Waals surface area contributed by atoms with Crippen LogP contribution in [0.5, 0.6) is 0 Å². The second-order valence-corrected chi connectivity index (χ2v) is 3.21. The van der Waals surface area contributed by atoms with Crippen LogP contribution in [0.2, 0.25) is 0 Å². The Bertz CT molecular complexity index is 194. The molecule has 0 heterocycles. The van der Waals surface area contributed by atoms with Crippen LogP contribution in [-0.4, -0.2) is 22.5 Å². The van der Waals surface area contributed by atoms with E-state index in [1.54, 1.807) is 0 Å². The number of nitrogens with zero attached hydrogens (tertiary/aromatic N) is 2. The number of carbonyl (C=O) groups is 1. The lowest BCUT2D eigenvalue weighted by Gasteiger charge is -2.11. The lowest BCUT2D eigenvalue weighted by Crippen LogP contribution is -2.36. The van der Waals surface area contributed by atoms with E-state index < -0.39 is 5.03 Å². The second-order valence-electron chi connectivity index (χ2n) is 3.21. The van der Waals surface area contributed by atoms with Crippen molar-refractivity contribution in [2.24, 2.45) is 0 Å². The Balaban J connectivity index is 4.05. The van der Waals surface area contributed by atoms with E-state index >= 15 is 0 Å². The maximum Gasteiger partial charge on any atom is 0.283 e. The van der Waals surface area contributed by atoms with Crippen LogP contribution < -0.4 is 0 Å². The summed E-state index contributed by atoms with van der Waals surface area (Å²) >= 11 is 0. The van der Waals surface area contributed by atoms with Crippen molar-refractivity contribution in [2.45, 2.75) is 46.0 Å². The minimum absolute atomic E-state index is 0.228. The fourth-order valence-electron chi connectivity index (χ4n) is 1.06. The molecule has 0 atom stereocenters. The van der Waals surface area contributed by atoms with Gasteiger partial charge >= 0.3 is 0 Å². The molecule has 0 saturated heterocycles. The van der Waals surface area contributed by atoms with Gasteiger partial charge in [0.15, 0.2) is 5.03 Å². The highest BCUT2D eigenvalue weighted by Crippen LogP contribution is 2.02. The molecule has 5 heteroatoms. The van der Waals surface area contributed by atoms with Gasteiger partial charge in [-0.1, -0.05) is 31.7 Å². The van der Waals surface area contributed by atoms with Crippen LogP contribution in [-0.2, 0) is 4.79 Å². The molecule has 1 amide bonds. The normalized spacial score (nSPS) is 9.86. The molecule has 0 aliphatic heterocycles. The maximum absolute atomic E-state index is 11.3. The van der Waals surface area contributed by atoms with E-state index in [1.165, 1.54) is 0 Å². The van der Waals surface area contributed by atoms with Crippen LogP contribution in [0.4, 0.5) is 0 Å². The van der Waals surface area contributed by atoms with Crippen molar-refractivity contribution in [1.82, 2.24) is 5.01 Å². The topological polar surface area (TPSA) is 63.5 Å². The number of unbranched alkanes of at least 4 members (excludes halogenated alkanes) is 2. The average Bonchev–Trinajstić information content (AvgIpc) is 2.14. The van der Waals surface area contributed by atoms with Crippen LogP contribution in [0.1, 0.15) is 46.0 Å². The van der Waals surface area contributed by atoms with E-state index in [0.29, 0.717) is 6.42 Å². The molecule has 0 fully saturated rings. The van der Waals surface area contributed by atoms with Crippen molar-refractivity contribution in [3.8, 4) is 0 Å². The maximum atomic E-state index is 11.3. The first-order valence-electron chi connectivity index (χ1n) is 5.08. The van der Waals surface area contributed by atoms with E-state index in [1.807, 2.05) is 13.8 Å². The van der Waals surface area contributed by atoms with Gasteiger partial charge in [-0.05, 0) is 12.8 Å². The van der Waals surface area contributed by atoms with E-state index in [-0.39, 0.29) is 18.9 Å². The number of hydrogen-bond donors (Lipinski definition) is 0. The summed E-state index contributed by atoms with van der Waals surface area (Å²) < 4.78 is 0. The van der Waals surface area contributed by atoms with Crippen molar-refractivity contribution < 1.29 is 9.83 Å². The smallest absolute Gasteiger partial charge is 0.269 e. The Morgan fingerprint density at radius 3 is 2.29 bits per heavy atom. The predicted octanol–water partition coefficient (Wildman–Crippen LogP) is 2.00. The van der Waals surface area contributed by atoms with Gasteiger partial charge in [0, 0.05) is 6.42 Å². The van der Waals surface area contributed by atoms with E-state index in [0.717, 1.165) is 24.3 Å². The van der Waals surface area contributed by atoms with Crippen LogP contribution in [0.25, 0.3) is 0 Å². The first kappa shape index (κ1) is 12.9. The van der Waals surface area contributed by atoms with Gasteiger partial charge in [-0.2, -0.15) is 0 Å². The standard InChI is InChI=1S/C9H18N2O3/c1-3-5-7-9(12)10(11(13)14)8-6-4-2/h3-8H2,1-2H3. The Hall–Kier alpha value is -1.13. The molecule has 0 aliphatic carbocycles. The number of hydrogen-bond acceptors (Lipinski definition) is 3. The molecule has 0 unspecified atom stereocenters. The molecule has 0 rings (SSSR count). The number of rotatable bonds is 7. The molecule has 0 spiro atoms. The average molecular weight is 202 g/mol. The fourth-order valence-corrected chi connectivity index (χ4v) is 1.06. The van der Waals surface area contributed by atoms with Crippen LogP contribution >= 0.6 is 0 Å². The zero-order valence-corrected chi connectivity index (χ0v) is 8.86. The summed E-state index contributed by atoms with van der Waals surface area (Å²) in [4.78, 5) is 21.9. The summed E-state index contributed by atoms with van der Waals surface area (Å²) in [6, 6.07) is 0. The third kappa shape index (κ3) is 4.79. The zero-order chi connectivity index (χ0) is 11.0. The molecule has 0 aromatic rings. The van der Waals surface area contributed by atoms with Crippen molar-refractivity contribution in [2.75, 3.05) is 6.54 Å². The highest BCUT2D eigenvalue weighted by Gasteiger charge is 2.21. The molecular weight excluding hydrogens is 184 g/mol. The first-order valence-corrected chi connectivity index (χ1v) is 5.08. The third-order valence-electron chi connectivity index (χ3n) is 1.95. The minimum Gasteiger partial charge on any atom is -0.269 e. The molecule has 0 aromatic carbocycles. The van der Waals surface area contributed by atoms with Gasteiger partial charge < -0.3 is 0 Å². The second kappa shape index (κ2) is 7.29. The summed E-state index contributed by atoms with van der Waals surface area (Å²) in [7, 11) is 0. The van der Waals surface area contributed by atoms with Crippen LogP contribution in [0.15, 0.2) is 0 Å². The van der Waals surface area contributed by atoms with Crippen molar-refractivity contribution >= 4 is 5.91 Å². The molecule has 0 radical (unpaired) electrons. The lowest BCUT2D eigenvalue weighted by molar-refractivity contribution is -0.634. The molecule has 0 N–H and O–H groups in total. The van der Waals surface area contributed by atoms with E-state index in [9.17, 15) is 14.9 Å². The van der Waals surface area contributed by atoms with Crippen LogP contribution in [0.3, 0.4) is 0 Å². The quantitative estimate of drug-likeness (QED) is 0.468. The van der Waals surface area contributed by atoms with E-state index in [2.05, 4.69) is 0 Å². The molecule has 82 valence electrons.